The van der Waals surface area contributed by atoms with Crippen LogP contribution >= 0.6 is 0 Å². The zero-order chi connectivity index (χ0) is 8.10. The first-order valence-corrected chi connectivity index (χ1v) is 4.59. The van der Waals surface area contributed by atoms with Gasteiger partial charge in [-0.1, -0.05) is 26.2 Å². The second-order valence-corrected chi connectivity index (χ2v) is 3.29. The van der Waals surface area contributed by atoms with Crippen molar-refractivity contribution in [1.29, 1.82) is 0 Å². The molecule has 11 heavy (non-hydrogen) atoms. The predicted octanol–water partition coefficient (Wildman–Crippen LogP) is 1.70. The third kappa shape index (κ3) is 2.91. The number of hydrogen-bond acceptors (Lipinski definition) is 1. The summed E-state index contributed by atoms with van der Waals surface area (Å²) in [4.78, 5) is 10.8. The lowest BCUT2D eigenvalue weighted by Gasteiger charge is -2.25. The SMILES string of the molecule is CCC(=O)NCCC1CCC1. The first kappa shape index (κ1) is 8.57. The lowest BCUT2D eigenvalue weighted by molar-refractivity contribution is -0.120. The highest BCUT2D eigenvalue weighted by Gasteiger charge is 2.16. The molecule has 1 rings (SSSR count). The van der Waals surface area contributed by atoms with Crippen LogP contribution in [0, 0.1) is 5.92 Å². The van der Waals surface area contributed by atoms with Gasteiger partial charge >= 0.3 is 0 Å². The highest BCUT2D eigenvalue weighted by Crippen LogP contribution is 2.28. The molecule has 0 aliphatic heterocycles. The first-order chi connectivity index (χ1) is 5.33. The van der Waals surface area contributed by atoms with Gasteiger partial charge in [0.2, 0.25) is 5.91 Å². The van der Waals surface area contributed by atoms with Gasteiger partial charge in [-0.25, -0.2) is 0 Å². The minimum absolute atomic E-state index is 0.185. The minimum atomic E-state index is 0.185. The lowest BCUT2D eigenvalue weighted by atomic mass is 9.83. The Morgan fingerprint density at radius 2 is 2.27 bits per heavy atom. The Labute approximate surface area is 68.4 Å². The van der Waals surface area contributed by atoms with E-state index in [2.05, 4.69) is 5.32 Å². The predicted molar refractivity (Wildman–Crippen MR) is 45.3 cm³/mol. The molecular formula is C9H17NO. The van der Waals surface area contributed by atoms with Crippen LogP contribution in [0.25, 0.3) is 0 Å². The molecule has 1 N–H and O–H groups in total. The summed E-state index contributed by atoms with van der Waals surface area (Å²) in [5.41, 5.74) is 0. The summed E-state index contributed by atoms with van der Waals surface area (Å²) in [5.74, 6) is 1.09. The standard InChI is InChI=1S/C9H17NO/c1-2-9(11)10-7-6-8-4-3-5-8/h8H,2-7H2,1H3,(H,10,11). The van der Waals surface area contributed by atoms with Gasteiger partial charge < -0.3 is 5.32 Å². The fraction of sp³-hybridized carbons (Fsp3) is 0.889. The summed E-state index contributed by atoms with van der Waals surface area (Å²) < 4.78 is 0. The fourth-order valence-electron chi connectivity index (χ4n) is 1.32. The van der Waals surface area contributed by atoms with Crippen molar-refractivity contribution < 1.29 is 4.79 Å². The molecule has 2 nitrogen and oxygen atoms in total. The Balaban J connectivity index is 1.90. The second-order valence-electron chi connectivity index (χ2n) is 3.29. The summed E-state index contributed by atoms with van der Waals surface area (Å²) in [6, 6.07) is 0. The van der Waals surface area contributed by atoms with Gasteiger partial charge in [0.15, 0.2) is 0 Å². The van der Waals surface area contributed by atoms with Crippen molar-refractivity contribution in [3.05, 3.63) is 0 Å². The number of amides is 1. The van der Waals surface area contributed by atoms with E-state index in [1.165, 1.54) is 25.7 Å². The van der Waals surface area contributed by atoms with Gasteiger partial charge in [-0.15, -0.1) is 0 Å². The topological polar surface area (TPSA) is 29.1 Å². The highest BCUT2D eigenvalue weighted by atomic mass is 16.1. The van der Waals surface area contributed by atoms with E-state index in [0.29, 0.717) is 6.42 Å². The third-order valence-corrected chi connectivity index (χ3v) is 2.42. The van der Waals surface area contributed by atoms with Gasteiger partial charge in [-0.3, -0.25) is 4.79 Å². The molecule has 0 heterocycles. The van der Waals surface area contributed by atoms with E-state index in [1.807, 2.05) is 6.92 Å². The Morgan fingerprint density at radius 3 is 2.73 bits per heavy atom. The van der Waals surface area contributed by atoms with Crippen LogP contribution in [0.3, 0.4) is 0 Å². The van der Waals surface area contributed by atoms with Crippen molar-refractivity contribution in [3.8, 4) is 0 Å². The molecule has 1 fully saturated rings. The van der Waals surface area contributed by atoms with Crippen LogP contribution in [0.4, 0.5) is 0 Å². The molecule has 0 aromatic heterocycles. The van der Waals surface area contributed by atoms with Gasteiger partial charge in [-0.2, -0.15) is 0 Å². The Hall–Kier alpha value is -0.530. The Bertz CT molecular complexity index is 130. The molecule has 0 radical (unpaired) electrons. The van der Waals surface area contributed by atoms with E-state index in [-0.39, 0.29) is 5.91 Å². The lowest BCUT2D eigenvalue weighted by Crippen LogP contribution is -2.26. The van der Waals surface area contributed by atoms with Crippen molar-refractivity contribution in [1.82, 2.24) is 5.32 Å². The summed E-state index contributed by atoms with van der Waals surface area (Å²) in [7, 11) is 0. The molecule has 0 unspecified atom stereocenters. The Kier molecular flexibility index (Phi) is 3.40. The van der Waals surface area contributed by atoms with Crippen molar-refractivity contribution in [2.75, 3.05) is 6.54 Å². The van der Waals surface area contributed by atoms with E-state index in [1.54, 1.807) is 0 Å². The molecule has 0 aromatic carbocycles. The van der Waals surface area contributed by atoms with Crippen LogP contribution in [-0.2, 0) is 4.79 Å². The molecule has 0 bridgehead atoms. The van der Waals surface area contributed by atoms with E-state index in [9.17, 15) is 4.79 Å². The van der Waals surface area contributed by atoms with Gasteiger partial charge in [0, 0.05) is 13.0 Å². The Morgan fingerprint density at radius 1 is 1.55 bits per heavy atom. The van der Waals surface area contributed by atoms with Crippen LogP contribution < -0.4 is 5.32 Å². The maximum absolute atomic E-state index is 10.8. The number of carbonyl (C=O) groups is 1. The number of carbonyl (C=O) groups excluding carboxylic acids is 1. The van der Waals surface area contributed by atoms with Gasteiger partial charge in [0.05, 0.1) is 0 Å². The summed E-state index contributed by atoms with van der Waals surface area (Å²) in [6.45, 7) is 2.77. The molecular weight excluding hydrogens is 138 g/mol. The smallest absolute Gasteiger partial charge is 0.219 e. The first-order valence-electron chi connectivity index (χ1n) is 4.59. The van der Waals surface area contributed by atoms with Crippen LogP contribution in [0.2, 0.25) is 0 Å². The largest absolute Gasteiger partial charge is 0.356 e. The summed E-state index contributed by atoms with van der Waals surface area (Å²) in [5, 5.41) is 2.89. The monoisotopic (exact) mass is 155 g/mol. The molecule has 0 spiro atoms. The highest BCUT2D eigenvalue weighted by molar-refractivity contribution is 5.75. The molecule has 1 aliphatic carbocycles. The molecule has 64 valence electrons. The average molecular weight is 155 g/mol. The van der Waals surface area contributed by atoms with E-state index in [0.717, 1.165) is 12.5 Å². The van der Waals surface area contributed by atoms with Crippen molar-refractivity contribution in [2.45, 2.75) is 39.0 Å². The van der Waals surface area contributed by atoms with E-state index in [4.69, 9.17) is 0 Å². The van der Waals surface area contributed by atoms with Crippen LogP contribution in [0.5, 0.6) is 0 Å². The van der Waals surface area contributed by atoms with Crippen LogP contribution in [0.15, 0.2) is 0 Å². The van der Waals surface area contributed by atoms with Gasteiger partial charge in [0.1, 0.15) is 0 Å². The van der Waals surface area contributed by atoms with Crippen LogP contribution in [-0.4, -0.2) is 12.5 Å². The number of nitrogens with one attached hydrogen (secondary N) is 1. The van der Waals surface area contributed by atoms with Gasteiger partial charge in [0.25, 0.3) is 0 Å². The van der Waals surface area contributed by atoms with E-state index >= 15 is 0 Å². The average Bonchev–Trinajstić information content (AvgIpc) is 1.94. The third-order valence-electron chi connectivity index (χ3n) is 2.42. The molecule has 0 atom stereocenters. The van der Waals surface area contributed by atoms with Crippen molar-refractivity contribution in [2.24, 2.45) is 5.92 Å². The van der Waals surface area contributed by atoms with Crippen molar-refractivity contribution >= 4 is 5.91 Å². The molecule has 1 amide bonds. The normalized spacial score (nSPS) is 17.5. The van der Waals surface area contributed by atoms with Gasteiger partial charge in [-0.05, 0) is 12.3 Å². The molecule has 2 heteroatoms. The zero-order valence-electron chi connectivity index (χ0n) is 7.23. The minimum Gasteiger partial charge on any atom is -0.356 e. The van der Waals surface area contributed by atoms with Crippen LogP contribution in [0.1, 0.15) is 39.0 Å². The molecule has 0 saturated heterocycles. The number of hydrogen-bond donors (Lipinski definition) is 1. The molecule has 1 aliphatic rings. The van der Waals surface area contributed by atoms with E-state index < -0.39 is 0 Å². The summed E-state index contributed by atoms with van der Waals surface area (Å²) in [6.07, 6.45) is 5.95. The maximum Gasteiger partial charge on any atom is 0.219 e. The maximum atomic E-state index is 10.8. The molecule has 1 saturated carbocycles. The second kappa shape index (κ2) is 4.37. The van der Waals surface area contributed by atoms with Crippen molar-refractivity contribution in [3.63, 3.8) is 0 Å². The molecule has 0 aromatic rings. The quantitative estimate of drug-likeness (QED) is 0.657. The summed E-state index contributed by atoms with van der Waals surface area (Å²) >= 11 is 0. The number of rotatable bonds is 4. The fourth-order valence-corrected chi connectivity index (χ4v) is 1.32. The zero-order valence-corrected chi connectivity index (χ0v) is 7.23.